The van der Waals surface area contributed by atoms with Gasteiger partial charge >= 0.3 is 12.0 Å². The van der Waals surface area contributed by atoms with E-state index in [4.69, 9.17) is 0 Å². The molecule has 0 spiro atoms. The summed E-state index contributed by atoms with van der Waals surface area (Å²) in [7, 11) is 0. The van der Waals surface area contributed by atoms with Crippen LogP contribution in [0.3, 0.4) is 0 Å². The summed E-state index contributed by atoms with van der Waals surface area (Å²) in [6, 6.07) is -0.248. The minimum absolute atomic E-state index is 0.248. The fourth-order valence-corrected chi connectivity index (χ4v) is 3.76. The van der Waals surface area contributed by atoms with Gasteiger partial charge in [-0.05, 0) is 32.6 Å². The number of hydrogen-bond acceptors (Lipinski definition) is 4. The highest BCUT2D eigenvalue weighted by Gasteiger charge is 2.42. The van der Waals surface area contributed by atoms with E-state index in [0.717, 1.165) is 25.0 Å². The molecule has 0 radical (unpaired) electrons. The zero-order valence-electron chi connectivity index (χ0n) is 11.3. The summed E-state index contributed by atoms with van der Waals surface area (Å²) >= 11 is 1.53. The molecule has 1 aliphatic heterocycles. The molecule has 2 N–H and O–H groups in total. The van der Waals surface area contributed by atoms with Crippen LogP contribution in [0.2, 0.25) is 0 Å². The Balaban J connectivity index is 1.64. The summed E-state index contributed by atoms with van der Waals surface area (Å²) in [5, 5.41) is 12.6. The van der Waals surface area contributed by atoms with Crippen molar-refractivity contribution in [3.8, 4) is 0 Å². The monoisotopic (exact) mass is 295 g/mol. The van der Waals surface area contributed by atoms with Crippen molar-refractivity contribution in [1.29, 1.82) is 0 Å². The highest BCUT2D eigenvalue weighted by Crippen LogP contribution is 2.32. The van der Waals surface area contributed by atoms with Crippen molar-refractivity contribution in [3.05, 3.63) is 10.6 Å². The van der Waals surface area contributed by atoms with Gasteiger partial charge in [-0.2, -0.15) is 0 Å². The van der Waals surface area contributed by atoms with Crippen LogP contribution in [0.5, 0.6) is 0 Å². The molecule has 0 bridgehead atoms. The van der Waals surface area contributed by atoms with Gasteiger partial charge < -0.3 is 10.0 Å². The second-order valence-electron chi connectivity index (χ2n) is 5.71. The van der Waals surface area contributed by atoms with Crippen molar-refractivity contribution in [1.82, 2.24) is 9.88 Å². The molecule has 0 saturated carbocycles. The van der Waals surface area contributed by atoms with Crippen molar-refractivity contribution < 1.29 is 14.7 Å². The molecule has 7 heteroatoms. The normalized spacial score (nSPS) is 24.8. The van der Waals surface area contributed by atoms with E-state index < -0.39 is 11.4 Å². The van der Waals surface area contributed by atoms with Crippen molar-refractivity contribution in [2.75, 3.05) is 18.4 Å². The molecule has 1 unspecified atom stereocenters. The third-order valence-corrected chi connectivity index (χ3v) is 5.16. The number of rotatable bonds is 2. The number of anilines is 1. The van der Waals surface area contributed by atoms with Crippen LogP contribution in [-0.2, 0) is 17.6 Å². The SMILES string of the molecule is CC1(C(=O)O)CCN(C(=O)Nc2nc3c(s2)CCC3)C1. The van der Waals surface area contributed by atoms with E-state index in [1.165, 1.54) is 16.2 Å². The van der Waals surface area contributed by atoms with Crippen molar-refractivity contribution >= 4 is 28.5 Å². The fraction of sp³-hybridized carbons (Fsp3) is 0.615. The van der Waals surface area contributed by atoms with Crippen LogP contribution < -0.4 is 5.32 Å². The molecule has 6 nitrogen and oxygen atoms in total. The zero-order chi connectivity index (χ0) is 14.3. The average Bonchev–Trinajstić information content (AvgIpc) is 3.03. The van der Waals surface area contributed by atoms with Gasteiger partial charge in [-0.1, -0.05) is 0 Å². The number of urea groups is 1. The molecule has 1 aliphatic carbocycles. The van der Waals surface area contributed by atoms with Crippen LogP contribution in [0, 0.1) is 5.41 Å². The number of amides is 2. The first-order valence-electron chi connectivity index (χ1n) is 6.76. The van der Waals surface area contributed by atoms with Crippen molar-refractivity contribution in [3.63, 3.8) is 0 Å². The Morgan fingerprint density at radius 3 is 2.90 bits per heavy atom. The molecule has 1 atom stereocenters. The Morgan fingerprint density at radius 1 is 1.45 bits per heavy atom. The number of hydrogen-bond donors (Lipinski definition) is 2. The second kappa shape index (κ2) is 4.73. The molecule has 20 heavy (non-hydrogen) atoms. The van der Waals surface area contributed by atoms with Gasteiger partial charge in [0, 0.05) is 18.0 Å². The number of aliphatic carboxylic acids is 1. The molecule has 2 heterocycles. The third kappa shape index (κ3) is 2.26. The topological polar surface area (TPSA) is 82.5 Å². The summed E-state index contributed by atoms with van der Waals surface area (Å²) in [5.41, 5.74) is 0.268. The minimum Gasteiger partial charge on any atom is -0.481 e. The van der Waals surface area contributed by atoms with Gasteiger partial charge in [0.2, 0.25) is 0 Å². The molecular weight excluding hydrogens is 278 g/mol. The Kier molecular flexibility index (Phi) is 3.16. The van der Waals surface area contributed by atoms with E-state index in [2.05, 4.69) is 10.3 Å². The highest BCUT2D eigenvalue weighted by molar-refractivity contribution is 7.15. The summed E-state index contributed by atoms with van der Waals surface area (Å²) in [6.07, 6.45) is 3.67. The molecule has 1 aromatic heterocycles. The maximum atomic E-state index is 12.1. The quantitative estimate of drug-likeness (QED) is 0.873. The Morgan fingerprint density at radius 2 is 2.25 bits per heavy atom. The summed E-state index contributed by atoms with van der Waals surface area (Å²) in [6.45, 7) is 2.40. The summed E-state index contributed by atoms with van der Waals surface area (Å²) in [4.78, 5) is 30.6. The van der Waals surface area contributed by atoms with Crippen LogP contribution in [-0.4, -0.2) is 40.1 Å². The van der Waals surface area contributed by atoms with Crippen LogP contribution >= 0.6 is 11.3 Å². The molecule has 1 saturated heterocycles. The highest BCUT2D eigenvalue weighted by atomic mass is 32.1. The van der Waals surface area contributed by atoms with E-state index in [1.54, 1.807) is 11.8 Å². The zero-order valence-corrected chi connectivity index (χ0v) is 12.1. The summed E-state index contributed by atoms with van der Waals surface area (Å²) in [5.74, 6) is -0.846. The molecular formula is C13H17N3O3S. The van der Waals surface area contributed by atoms with Crippen LogP contribution in [0.25, 0.3) is 0 Å². The number of nitrogens with zero attached hydrogens (tertiary/aromatic N) is 2. The molecule has 3 rings (SSSR count). The van der Waals surface area contributed by atoms with Crippen LogP contribution in [0.1, 0.15) is 30.3 Å². The molecule has 1 fully saturated rings. The first-order chi connectivity index (χ1) is 9.48. The number of carboxylic acids is 1. The van der Waals surface area contributed by atoms with E-state index in [1.807, 2.05) is 0 Å². The lowest BCUT2D eigenvalue weighted by molar-refractivity contribution is -0.146. The number of aromatic nitrogens is 1. The minimum atomic E-state index is -0.846. The number of carbonyl (C=O) groups is 2. The maximum absolute atomic E-state index is 12.1. The standard InChI is InChI=1S/C13H17N3O3S/c1-13(10(17)18)5-6-16(7-13)12(19)15-11-14-8-3-2-4-9(8)20-11/h2-7H2,1H3,(H,17,18)(H,14,15,19). The van der Waals surface area contributed by atoms with E-state index in [-0.39, 0.29) is 12.6 Å². The number of carbonyl (C=O) groups excluding carboxylic acids is 1. The number of carboxylic acid groups (broad SMARTS) is 1. The smallest absolute Gasteiger partial charge is 0.323 e. The van der Waals surface area contributed by atoms with Gasteiger partial charge in [-0.3, -0.25) is 10.1 Å². The third-order valence-electron chi connectivity index (χ3n) is 4.09. The number of nitrogens with one attached hydrogen (secondary N) is 1. The molecule has 0 aromatic carbocycles. The second-order valence-corrected chi connectivity index (χ2v) is 6.79. The molecule has 2 aliphatic rings. The number of thiazole rings is 1. The molecule has 108 valence electrons. The number of likely N-dealkylation sites (tertiary alicyclic amines) is 1. The van der Waals surface area contributed by atoms with Crippen molar-refractivity contribution in [2.45, 2.75) is 32.6 Å². The van der Waals surface area contributed by atoms with Gasteiger partial charge in [0.05, 0.1) is 11.1 Å². The van der Waals surface area contributed by atoms with E-state index in [0.29, 0.717) is 18.1 Å². The largest absolute Gasteiger partial charge is 0.481 e. The van der Waals surface area contributed by atoms with Gasteiger partial charge in [-0.15, -0.1) is 11.3 Å². The average molecular weight is 295 g/mol. The predicted molar refractivity (Wildman–Crippen MR) is 75.1 cm³/mol. The molecule has 1 aromatic rings. The van der Waals surface area contributed by atoms with Gasteiger partial charge in [0.25, 0.3) is 0 Å². The maximum Gasteiger partial charge on any atom is 0.323 e. The first kappa shape index (κ1) is 13.4. The van der Waals surface area contributed by atoms with Gasteiger partial charge in [0.1, 0.15) is 0 Å². The Labute approximate surface area is 120 Å². The van der Waals surface area contributed by atoms with Gasteiger partial charge in [0.15, 0.2) is 5.13 Å². The predicted octanol–water partition coefficient (Wildman–Crippen LogP) is 1.96. The van der Waals surface area contributed by atoms with Gasteiger partial charge in [-0.25, -0.2) is 9.78 Å². The Hall–Kier alpha value is -1.63. The van der Waals surface area contributed by atoms with E-state index >= 15 is 0 Å². The summed E-state index contributed by atoms with van der Waals surface area (Å²) < 4.78 is 0. The lowest BCUT2D eigenvalue weighted by atomic mass is 9.90. The lowest BCUT2D eigenvalue weighted by Gasteiger charge is -2.19. The van der Waals surface area contributed by atoms with Crippen molar-refractivity contribution in [2.24, 2.45) is 5.41 Å². The lowest BCUT2D eigenvalue weighted by Crippen LogP contribution is -2.37. The fourth-order valence-electron chi connectivity index (χ4n) is 2.72. The van der Waals surface area contributed by atoms with Crippen LogP contribution in [0.4, 0.5) is 9.93 Å². The molecule has 2 amide bonds. The van der Waals surface area contributed by atoms with Crippen LogP contribution in [0.15, 0.2) is 0 Å². The number of fused-ring (bicyclic) bond motifs is 1. The first-order valence-corrected chi connectivity index (χ1v) is 7.57. The number of aryl methyl sites for hydroxylation is 2. The van der Waals surface area contributed by atoms with E-state index in [9.17, 15) is 14.7 Å². The Bertz CT molecular complexity index is 550.